The molecular weight excluding hydrogens is 228 g/mol. The summed E-state index contributed by atoms with van der Waals surface area (Å²) < 4.78 is 5.37. The van der Waals surface area contributed by atoms with Crippen LogP contribution in [0.4, 0.5) is 5.69 Å². The van der Waals surface area contributed by atoms with Gasteiger partial charge in [0.15, 0.2) is 6.61 Å². The van der Waals surface area contributed by atoms with Crippen LogP contribution < -0.4 is 15.4 Å². The second-order valence-electron chi connectivity index (χ2n) is 5.24. The number of hydrogen-bond donors (Lipinski definition) is 2. The van der Waals surface area contributed by atoms with E-state index < -0.39 is 0 Å². The first-order valence-electron chi connectivity index (χ1n) is 6.43. The Bertz CT molecular complexity index is 487. The molecule has 3 atom stereocenters. The molecule has 2 aliphatic rings. The van der Waals surface area contributed by atoms with Crippen molar-refractivity contribution < 1.29 is 9.53 Å². The Morgan fingerprint density at radius 2 is 2.28 bits per heavy atom. The lowest BCUT2D eigenvalue weighted by atomic mass is 10.00. The first kappa shape index (κ1) is 11.5. The lowest BCUT2D eigenvalue weighted by Gasteiger charge is -2.22. The fourth-order valence-electron chi connectivity index (χ4n) is 2.74. The van der Waals surface area contributed by atoms with E-state index in [1.54, 1.807) is 0 Å². The van der Waals surface area contributed by atoms with Crippen LogP contribution in [0.5, 0.6) is 5.75 Å². The van der Waals surface area contributed by atoms with Crippen LogP contribution in [0.3, 0.4) is 0 Å². The molecule has 1 aromatic carbocycles. The largest absolute Gasteiger partial charge is 0.482 e. The SMILES string of the molecule is CNC(c1ccc2c(c1)NC(=O)CO2)C1CC1C. The molecule has 4 nitrogen and oxygen atoms in total. The maximum absolute atomic E-state index is 11.3. The Balaban J connectivity index is 1.88. The zero-order valence-corrected chi connectivity index (χ0v) is 10.7. The third-order valence-corrected chi connectivity index (χ3v) is 3.91. The zero-order chi connectivity index (χ0) is 12.7. The van der Waals surface area contributed by atoms with E-state index in [4.69, 9.17) is 4.74 Å². The molecule has 1 saturated carbocycles. The third-order valence-electron chi connectivity index (χ3n) is 3.91. The fourth-order valence-corrected chi connectivity index (χ4v) is 2.74. The standard InChI is InChI=1S/C14H18N2O2/c1-8-5-10(8)14(15-2)9-3-4-12-11(6-9)16-13(17)7-18-12/h3-4,6,8,10,14-15H,5,7H2,1-2H3,(H,16,17). The molecule has 1 aliphatic heterocycles. The van der Waals surface area contributed by atoms with Crippen molar-refractivity contribution in [3.63, 3.8) is 0 Å². The molecule has 1 fully saturated rings. The molecule has 1 aromatic rings. The van der Waals surface area contributed by atoms with Crippen molar-refractivity contribution in [2.75, 3.05) is 19.0 Å². The number of rotatable bonds is 3. The van der Waals surface area contributed by atoms with Crippen LogP contribution in [0.15, 0.2) is 18.2 Å². The maximum Gasteiger partial charge on any atom is 0.262 e. The number of carbonyl (C=O) groups excluding carboxylic acids is 1. The summed E-state index contributed by atoms with van der Waals surface area (Å²) in [7, 11) is 1.99. The second kappa shape index (κ2) is 4.28. The molecular formula is C14H18N2O2. The molecule has 96 valence electrons. The minimum absolute atomic E-state index is 0.0829. The van der Waals surface area contributed by atoms with Gasteiger partial charge in [0, 0.05) is 6.04 Å². The van der Waals surface area contributed by atoms with Gasteiger partial charge in [0.1, 0.15) is 5.75 Å². The monoisotopic (exact) mass is 246 g/mol. The Labute approximate surface area is 107 Å². The van der Waals surface area contributed by atoms with Crippen LogP contribution in [0.25, 0.3) is 0 Å². The summed E-state index contributed by atoms with van der Waals surface area (Å²) >= 11 is 0. The highest BCUT2D eigenvalue weighted by molar-refractivity contribution is 5.95. The number of nitrogens with one attached hydrogen (secondary N) is 2. The van der Waals surface area contributed by atoms with Crippen molar-refractivity contribution in [1.29, 1.82) is 0 Å². The minimum atomic E-state index is -0.0829. The summed E-state index contributed by atoms with van der Waals surface area (Å²) in [6.45, 7) is 2.39. The number of anilines is 1. The molecule has 0 spiro atoms. The van der Waals surface area contributed by atoms with Gasteiger partial charge >= 0.3 is 0 Å². The summed E-state index contributed by atoms with van der Waals surface area (Å²) in [6.07, 6.45) is 1.27. The summed E-state index contributed by atoms with van der Waals surface area (Å²) in [5.74, 6) is 2.16. The molecule has 18 heavy (non-hydrogen) atoms. The molecule has 0 saturated heterocycles. The Morgan fingerprint density at radius 3 is 2.94 bits per heavy atom. The van der Waals surface area contributed by atoms with Gasteiger partial charge in [-0.25, -0.2) is 0 Å². The van der Waals surface area contributed by atoms with Crippen molar-refractivity contribution in [2.24, 2.45) is 11.8 Å². The van der Waals surface area contributed by atoms with Crippen LogP contribution in [-0.4, -0.2) is 19.6 Å². The van der Waals surface area contributed by atoms with E-state index in [1.165, 1.54) is 12.0 Å². The van der Waals surface area contributed by atoms with E-state index in [1.807, 2.05) is 19.2 Å². The van der Waals surface area contributed by atoms with Crippen LogP contribution >= 0.6 is 0 Å². The van der Waals surface area contributed by atoms with Crippen molar-refractivity contribution in [3.05, 3.63) is 23.8 Å². The number of fused-ring (bicyclic) bond motifs is 1. The predicted molar refractivity (Wildman–Crippen MR) is 69.6 cm³/mol. The maximum atomic E-state index is 11.3. The quantitative estimate of drug-likeness (QED) is 0.857. The Hall–Kier alpha value is -1.55. The molecule has 1 amide bonds. The van der Waals surface area contributed by atoms with E-state index in [0.717, 1.165) is 17.4 Å². The highest BCUT2D eigenvalue weighted by atomic mass is 16.5. The van der Waals surface area contributed by atoms with Gasteiger partial charge in [0.05, 0.1) is 5.69 Å². The highest BCUT2D eigenvalue weighted by Gasteiger charge is 2.39. The number of ether oxygens (including phenoxy) is 1. The van der Waals surface area contributed by atoms with Crippen LogP contribution in [0, 0.1) is 11.8 Å². The van der Waals surface area contributed by atoms with Crippen molar-refractivity contribution in [3.8, 4) is 5.75 Å². The predicted octanol–water partition coefficient (Wildman–Crippen LogP) is 1.93. The topological polar surface area (TPSA) is 50.4 Å². The van der Waals surface area contributed by atoms with Gasteiger partial charge in [-0.15, -0.1) is 0 Å². The molecule has 0 bridgehead atoms. The van der Waals surface area contributed by atoms with Gasteiger partial charge in [0.2, 0.25) is 0 Å². The van der Waals surface area contributed by atoms with Gasteiger partial charge in [0.25, 0.3) is 5.91 Å². The second-order valence-corrected chi connectivity index (χ2v) is 5.24. The normalized spacial score (nSPS) is 26.9. The van der Waals surface area contributed by atoms with Gasteiger partial charge in [-0.1, -0.05) is 13.0 Å². The van der Waals surface area contributed by atoms with Crippen molar-refractivity contribution in [1.82, 2.24) is 5.32 Å². The van der Waals surface area contributed by atoms with Crippen molar-refractivity contribution >= 4 is 11.6 Å². The van der Waals surface area contributed by atoms with Crippen LogP contribution in [-0.2, 0) is 4.79 Å². The Kier molecular flexibility index (Phi) is 2.74. The average molecular weight is 246 g/mol. The number of hydrogen-bond acceptors (Lipinski definition) is 3. The molecule has 3 unspecified atom stereocenters. The molecule has 0 radical (unpaired) electrons. The molecule has 1 aliphatic carbocycles. The zero-order valence-electron chi connectivity index (χ0n) is 10.7. The van der Waals surface area contributed by atoms with Gasteiger partial charge in [-0.05, 0) is 43.0 Å². The number of carbonyl (C=O) groups is 1. The molecule has 3 rings (SSSR count). The van der Waals surface area contributed by atoms with Gasteiger partial charge in [-0.3, -0.25) is 4.79 Å². The first-order chi connectivity index (χ1) is 8.69. The lowest BCUT2D eigenvalue weighted by Crippen LogP contribution is -2.26. The average Bonchev–Trinajstić information content (AvgIpc) is 3.06. The molecule has 1 heterocycles. The summed E-state index contributed by atoms with van der Waals surface area (Å²) in [4.78, 5) is 11.3. The fraction of sp³-hybridized carbons (Fsp3) is 0.500. The van der Waals surface area contributed by atoms with E-state index in [-0.39, 0.29) is 12.5 Å². The Morgan fingerprint density at radius 1 is 1.50 bits per heavy atom. The van der Waals surface area contributed by atoms with Gasteiger partial charge < -0.3 is 15.4 Å². The van der Waals surface area contributed by atoms with E-state index in [2.05, 4.69) is 23.6 Å². The highest BCUT2D eigenvalue weighted by Crippen LogP contribution is 2.47. The van der Waals surface area contributed by atoms with Crippen LogP contribution in [0.1, 0.15) is 24.9 Å². The summed E-state index contributed by atoms with van der Waals surface area (Å²) in [5, 5.41) is 6.23. The molecule has 0 aromatic heterocycles. The smallest absolute Gasteiger partial charge is 0.262 e. The third kappa shape index (κ3) is 1.97. The summed E-state index contributed by atoms with van der Waals surface area (Å²) in [5.41, 5.74) is 2.01. The van der Waals surface area contributed by atoms with E-state index in [9.17, 15) is 4.79 Å². The minimum Gasteiger partial charge on any atom is -0.482 e. The molecule has 2 N–H and O–H groups in total. The number of amides is 1. The van der Waals surface area contributed by atoms with E-state index >= 15 is 0 Å². The number of benzene rings is 1. The van der Waals surface area contributed by atoms with Crippen molar-refractivity contribution in [2.45, 2.75) is 19.4 Å². The van der Waals surface area contributed by atoms with Crippen LogP contribution in [0.2, 0.25) is 0 Å². The first-order valence-corrected chi connectivity index (χ1v) is 6.43. The van der Waals surface area contributed by atoms with E-state index in [0.29, 0.717) is 12.0 Å². The summed E-state index contributed by atoms with van der Waals surface area (Å²) in [6, 6.07) is 6.42. The molecule has 4 heteroatoms. The van der Waals surface area contributed by atoms with Gasteiger partial charge in [-0.2, -0.15) is 0 Å². The lowest BCUT2D eigenvalue weighted by molar-refractivity contribution is -0.118.